The molecule has 7 aromatic carbocycles. The standard InChI is InChI=1S/C19H14N2.C14H12N2.2C9H8N3.2Pt/c1-3-9-16(10-4-1)20-15-21(17-11-5-2-6-12-17)19-14-8-7-13-18(19)20;1-15-11-16(12-7-3-2-4-8-12)14-10-6-5-9-13(14)15;2*1-7-9(11-12-10-7)8-5-3-2-4-6-8;;/h1-11,13-15H;2-7,9-11H,1H3;2*2-6H,1H3;;/q2*-2;2*-1;;. The van der Waals surface area contributed by atoms with Crippen LogP contribution < -0.4 is 29.8 Å². The van der Waals surface area contributed by atoms with Crippen LogP contribution in [0.5, 0.6) is 0 Å². The molecule has 0 atom stereocenters. The number of nitrogens with zero attached hydrogens (tertiary/aromatic N) is 10. The summed E-state index contributed by atoms with van der Waals surface area (Å²) in [5, 5.41) is 22.7. The van der Waals surface area contributed by atoms with Crippen LogP contribution >= 0.6 is 0 Å². The second kappa shape index (κ2) is 22.5. The van der Waals surface area contributed by atoms with Gasteiger partial charge in [-0.3, -0.25) is 10.4 Å². The van der Waals surface area contributed by atoms with Gasteiger partial charge in [0.05, 0.1) is 0 Å². The maximum atomic E-state index is 3.92. The van der Waals surface area contributed by atoms with Crippen molar-refractivity contribution in [2.45, 2.75) is 13.8 Å². The van der Waals surface area contributed by atoms with Gasteiger partial charge in [-0.05, 0) is 91.2 Å². The normalized spacial score (nSPS) is 11.9. The van der Waals surface area contributed by atoms with Crippen molar-refractivity contribution >= 4 is 39.8 Å². The van der Waals surface area contributed by atoms with Gasteiger partial charge in [-0.2, -0.15) is 67.3 Å². The molecule has 4 heterocycles. The van der Waals surface area contributed by atoms with Crippen molar-refractivity contribution in [2.24, 2.45) is 0 Å². The number of aryl methyl sites for hydroxylation is 2. The van der Waals surface area contributed by atoms with Gasteiger partial charge >= 0.3 is 0 Å². The molecule has 322 valence electrons. The number of fused-ring (bicyclic) bond motifs is 2. The van der Waals surface area contributed by atoms with Crippen molar-refractivity contribution in [1.82, 2.24) is 30.8 Å². The summed E-state index contributed by atoms with van der Waals surface area (Å²) in [7, 11) is 2.06. The van der Waals surface area contributed by atoms with E-state index in [2.05, 4.69) is 168 Å². The summed E-state index contributed by atoms with van der Waals surface area (Å²) in [6, 6.07) is 69.6. The molecule has 12 heteroatoms. The Balaban J connectivity index is 0.000000142. The molecule has 0 saturated carbocycles. The minimum Gasteiger partial charge on any atom is -0.504 e. The van der Waals surface area contributed by atoms with Crippen LogP contribution in [0.3, 0.4) is 0 Å². The Kier molecular flexibility index (Phi) is 16.4. The van der Waals surface area contributed by atoms with E-state index < -0.39 is 0 Å². The Morgan fingerprint density at radius 3 is 1.24 bits per heavy atom. The number of aromatic nitrogens is 6. The van der Waals surface area contributed by atoms with Gasteiger partial charge in [-0.15, -0.1) is 18.0 Å². The van der Waals surface area contributed by atoms with Crippen molar-refractivity contribution in [3.8, 4) is 22.5 Å². The summed E-state index contributed by atoms with van der Waals surface area (Å²) in [4.78, 5) is 8.64. The summed E-state index contributed by atoms with van der Waals surface area (Å²) < 4.78 is 0. The zero-order valence-corrected chi connectivity index (χ0v) is 39.2. The third-order valence-corrected chi connectivity index (χ3v) is 9.84. The number of anilines is 7. The van der Waals surface area contributed by atoms with Crippen molar-refractivity contribution in [1.29, 1.82) is 0 Å². The molecule has 63 heavy (non-hydrogen) atoms. The number of hydrogen-bond donors (Lipinski definition) is 0. The van der Waals surface area contributed by atoms with E-state index in [-0.39, 0.29) is 42.1 Å². The van der Waals surface area contributed by atoms with Gasteiger partial charge in [0, 0.05) is 70.6 Å². The van der Waals surface area contributed by atoms with Gasteiger partial charge < -0.3 is 40.0 Å². The molecule has 0 fully saturated rings. The van der Waals surface area contributed by atoms with Gasteiger partial charge in [-0.25, -0.2) is 0 Å². The first-order valence-corrected chi connectivity index (χ1v) is 19.8. The summed E-state index contributed by atoms with van der Waals surface area (Å²) in [6.07, 6.45) is 0. The Morgan fingerprint density at radius 1 is 0.429 bits per heavy atom. The minimum absolute atomic E-state index is 0. The molecule has 0 spiro atoms. The fraction of sp³-hybridized carbons (Fsp3) is 0.0588. The van der Waals surface area contributed by atoms with E-state index in [1.165, 1.54) is 22.7 Å². The quantitative estimate of drug-likeness (QED) is 0.155. The van der Waals surface area contributed by atoms with Crippen molar-refractivity contribution in [3.05, 3.63) is 225 Å². The monoisotopic (exact) mass is 1180 g/mol. The van der Waals surface area contributed by atoms with Crippen LogP contribution in [-0.4, -0.2) is 27.7 Å². The topological polar surface area (TPSA) is 92.7 Å². The molecule has 0 saturated heterocycles. The minimum atomic E-state index is 0. The molecule has 0 bridgehead atoms. The third kappa shape index (κ3) is 11.1. The fourth-order valence-corrected chi connectivity index (χ4v) is 6.85. The molecule has 0 amide bonds. The smallest absolute Gasteiger partial charge is 0.0344 e. The van der Waals surface area contributed by atoms with Gasteiger partial charge in [-0.1, -0.05) is 103 Å². The van der Waals surface area contributed by atoms with Crippen LogP contribution in [0.4, 0.5) is 39.8 Å². The SMILES string of the molecule is CN1[CH-]N(c2[c-]cccc2)c2ccccc21.Cc1nn[n-]c1-c1ccccc1.Cc1nn[n-]c1-c1ccccc1.[Pt].[Pt].[c-]1ccccc1N1[CH-]N(c2ccccc2)c2ccccc21. The summed E-state index contributed by atoms with van der Waals surface area (Å²) in [6.45, 7) is 8.01. The zero-order valence-electron chi connectivity index (χ0n) is 34.7. The number of hydrogen-bond acceptors (Lipinski definition) is 8. The zero-order chi connectivity index (χ0) is 41.8. The molecule has 2 aliphatic rings. The Morgan fingerprint density at radius 2 is 0.810 bits per heavy atom. The fourth-order valence-electron chi connectivity index (χ4n) is 6.85. The molecule has 2 aliphatic heterocycles. The summed E-state index contributed by atoms with van der Waals surface area (Å²) >= 11 is 0. The number of para-hydroxylation sites is 7. The van der Waals surface area contributed by atoms with Crippen LogP contribution in [0.15, 0.2) is 188 Å². The van der Waals surface area contributed by atoms with Crippen molar-refractivity contribution < 1.29 is 42.1 Å². The van der Waals surface area contributed by atoms with E-state index in [0.717, 1.165) is 51.0 Å². The van der Waals surface area contributed by atoms with E-state index in [1.54, 1.807) is 0 Å². The molecule has 2 aromatic heterocycles. The van der Waals surface area contributed by atoms with Gasteiger partial charge in [0.2, 0.25) is 0 Å². The predicted molar refractivity (Wildman–Crippen MR) is 244 cm³/mol. The summed E-state index contributed by atoms with van der Waals surface area (Å²) in [5.41, 5.74) is 13.7. The van der Waals surface area contributed by atoms with Gasteiger partial charge in [0.25, 0.3) is 0 Å². The Labute approximate surface area is 398 Å². The van der Waals surface area contributed by atoms with Crippen LogP contribution in [0.25, 0.3) is 22.5 Å². The number of rotatable bonds is 5. The van der Waals surface area contributed by atoms with Crippen LogP contribution in [0, 0.1) is 39.3 Å². The Bertz CT molecular complexity index is 2580. The first-order valence-electron chi connectivity index (χ1n) is 19.8. The molecule has 0 unspecified atom stereocenters. The predicted octanol–water partition coefficient (Wildman–Crippen LogP) is 10.9. The maximum Gasteiger partial charge on any atom is 0.0344 e. The van der Waals surface area contributed by atoms with E-state index in [4.69, 9.17) is 0 Å². The molecule has 10 nitrogen and oxygen atoms in total. The van der Waals surface area contributed by atoms with E-state index in [0.29, 0.717) is 0 Å². The third-order valence-electron chi connectivity index (χ3n) is 9.84. The average Bonchev–Trinajstić information content (AvgIpc) is 4.14. The van der Waals surface area contributed by atoms with E-state index in [1.807, 2.05) is 117 Å². The van der Waals surface area contributed by atoms with Crippen molar-refractivity contribution in [2.75, 3.05) is 26.6 Å². The van der Waals surface area contributed by atoms with Gasteiger partial charge in [0.15, 0.2) is 0 Å². The Hall–Kier alpha value is -6.60. The molecule has 9 aromatic rings. The van der Waals surface area contributed by atoms with Crippen molar-refractivity contribution in [3.63, 3.8) is 0 Å². The molecular formula is C51H42N10Pt2-6. The van der Waals surface area contributed by atoms with Crippen LogP contribution in [0.1, 0.15) is 11.4 Å². The number of benzene rings is 7. The molecule has 0 radical (unpaired) electrons. The molecule has 0 aliphatic carbocycles. The van der Waals surface area contributed by atoms with Crippen LogP contribution in [-0.2, 0) is 42.1 Å². The van der Waals surface area contributed by atoms with Crippen LogP contribution in [0.2, 0.25) is 0 Å². The van der Waals surface area contributed by atoms with E-state index in [9.17, 15) is 0 Å². The summed E-state index contributed by atoms with van der Waals surface area (Å²) in [5.74, 6) is 0. The first-order chi connectivity index (χ1) is 30.0. The second-order valence-corrected chi connectivity index (χ2v) is 13.9. The molecular weight excluding hydrogens is 1140 g/mol. The molecule has 11 rings (SSSR count). The van der Waals surface area contributed by atoms with Gasteiger partial charge in [0.1, 0.15) is 0 Å². The molecule has 0 N–H and O–H groups in total. The maximum absolute atomic E-state index is 3.92. The first kappa shape index (κ1) is 45.9. The largest absolute Gasteiger partial charge is 0.504 e. The average molecular weight is 1190 g/mol. The second-order valence-electron chi connectivity index (χ2n) is 13.9. The van der Waals surface area contributed by atoms with E-state index >= 15 is 0 Å².